The van der Waals surface area contributed by atoms with Crippen LogP contribution in [0.1, 0.15) is 142 Å². The second-order valence-corrected chi connectivity index (χ2v) is 17.8. The fraction of sp³-hybridized carbons (Fsp3) is 0.795. The number of carbonyl (C=O) groups excluding carboxylic acids is 1. The van der Waals surface area contributed by atoms with Crippen LogP contribution in [0.2, 0.25) is 0 Å². The number of phosphoric acid groups is 1. The molecule has 0 heterocycles. The molecule has 1 aliphatic carbocycles. The Hall–Kier alpha value is -1.82. The van der Waals surface area contributed by atoms with Crippen LogP contribution in [0.4, 0.5) is 0 Å². The number of esters is 1. The Morgan fingerprint density at radius 2 is 1.41 bits per heavy atom. The second kappa shape index (κ2) is 32.1. The van der Waals surface area contributed by atoms with Crippen molar-refractivity contribution in [2.75, 3.05) is 47.5 Å². The minimum Gasteiger partial charge on any atom is -0.756 e. The molecule has 0 bridgehead atoms. The van der Waals surface area contributed by atoms with Gasteiger partial charge in [-0.25, -0.2) is 0 Å². The van der Waals surface area contributed by atoms with Gasteiger partial charge in [0.05, 0.1) is 58.7 Å². The Balaban J connectivity index is 2.53. The maximum atomic E-state index is 12.6. The van der Waals surface area contributed by atoms with Gasteiger partial charge in [-0.2, -0.15) is 0 Å². The van der Waals surface area contributed by atoms with E-state index in [2.05, 4.69) is 26.0 Å². The van der Waals surface area contributed by atoms with Crippen molar-refractivity contribution in [3.05, 3.63) is 48.8 Å². The van der Waals surface area contributed by atoms with Crippen LogP contribution in [-0.2, 0) is 27.9 Å². The maximum Gasteiger partial charge on any atom is 0.309 e. The molecule has 56 heavy (non-hydrogen) atoms. The van der Waals surface area contributed by atoms with Gasteiger partial charge in [0, 0.05) is 12.3 Å². The summed E-state index contributed by atoms with van der Waals surface area (Å²) < 4.78 is 34.2. The van der Waals surface area contributed by atoms with Crippen molar-refractivity contribution in [1.82, 2.24) is 0 Å². The Morgan fingerprint density at radius 1 is 0.804 bits per heavy atom. The predicted molar refractivity (Wildman–Crippen MR) is 223 cm³/mol. The molecule has 0 saturated heterocycles. The third-order valence-corrected chi connectivity index (χ3v) is 11.0. The first-order valence-electron chi connectivity index (χ1n) is 21.7. The van der Waals surface area contributed by atoms with E-state index in [1.165, 1.54) is 64.0 Å². The number of quaternary nitrogens is 1. The van der Waals surface area contributed by atoms with E-state index in [1.807, 2.05) is 33.3 Å². The average Bonchev–Trinajstić information content (AvgIpc) is 3.41. The molecule has 1 saturated carbocycles. The lowest BCUT2D eigenvalue weighted by molar-refractivity contribution is -0.870. The van der Waals surface area contributed by atoms with Crippen molar-refractivity contribution in [3.8, 4) is 0 Å². The lowest BCUT2D eigenvalue weighted by Crippen LogP contribution is -2.37. The van der Waals surface area contributed by atoms with E-state index in [0.717, 1.165) is 44.9 Å². The topological polar surface area (TPSA) is 155 Å². The van der Waals surface area contributed by atoms with E-state index in [4.69, 9.17) is 18.5 Å². The molecule has 0 spiro atoms. The van der Waals surface area contributed by atoms with Gasteiger partial charge in [-0.1, -0.05) is 115 Å². The number of aliphatic hydroxyl groups excluding tert-OH is 3. The largest absolute Gasteiger partial charge is 0.756 e. The molecule has 0 aromatic carbocycles. The zero-order chi connectivity index (χ0) is 41.5. The van der Waals surface area contributed by atoms with E-state index in [9.17, 15) is 29.6 Å². The lowest BCUT2D eigenvalue weighted by Gasteiger charge is -2.28. The minimum atomic E-state index is -4.60. The molecule has 1 aliphatic rings. The first kappa shape index (κ1) is 52.2. The summed E-state index contributed by atoms with van der Waals surface area (Å²) in [5.74, 6) is -1.07. The first-order valence-corrected chi connectivity index (χ1v) is 23.1. The molecule has 0 aromatic heterocycles. The third kappa shape index (κ3) is 28.6. The van der Waals surface area contributed by atoms with Crippen molar-refractivity contribution in [3.63, 3.8) is 0 Å². The first-order chi connectivity index (χ1) is 26.8. The zero-order valence-electron chi connectivity index (χ0n) is 35.6. The number of aliphatic hydroxyl groups is 3. The molecule has 0 radical (unpaired) electrons. The van der Waals surface area contributed by atoms with Gasteiger partial charge in [0.25, 0.3) is 7.82 Å². The highest BCUT2D eigenvalue weighted by Gasteiger charge is 2.39. The number of nitrogens with zero attached hydrogens (tertiary/aromatic N) is 1. The fourth-order valence-electron chi connectivity index (χ4n) is 6.50. The molecule has 326 valence electrons. The number of allylic oxidation sites excluding steroid dienone is 4. The van der Waals surface area contributed by atoms with Crippen LogP contribution in [0.5, 0.6) is 0 Å². The fourth-order valence-corrected chi connectivity index (χ4v) is 7.22. The minimum absolute atomic E-state index is 0.0256. The van der Waals surface area contributed by atoms with Crippen molar-refractivity contribution in [2.45, 2.75) is 167 Å². The van der Waals surface area contributed by atoms with Gasteiger partial charge in [0.1, 0.15) is 19.8 Å². The molecule has 12 heteroatoms. The van der Waals surface area contributed by atoms with Crippen LogP contribution >= 0.6 is 7.82 Å². The molecule has 1 unspecified atom stereocenters. The summed E-state index contributed by atoms with van der Waals surface area (Å²) in [4.78, 5) is 25.0. The zero-order valence-corrected chi connectivity index (χ0v) is 36.5. The number of rotatable bonds is 35. The third-order valence-electron chi connectivity index (χ3n) is 10.0. The van der Waals surface area contributed by atoms with Gasteiger partial charge in [-0.05, 0) is 63.4 Å². The molecule has 1 rings (SSSR count). The van der Waals surface area contributed by atoms with Crippen LogP contribution in [0.25, 0.3) is 0 Å². The van der Waals surface area contributed by atoms with Crippen LogP contribution < -0.4 is 4.89 Å². The van der Waals surface area contributed by atoms with Crippen LogP contribution in [0, 0.1) is 11.8 Å². The highest BCUT2D eigenvalue weighted by molar-refractivity contribution is 7.45. The van der Waals surface area contributed by atoms with Gasteiger partial charge in [0.2, 0.25) is 0 Å². The van der Waals surface area contributed by atoms with Gasteiger partial charge in [-0.3, -0.25) is 9.36 Å². The van der Waals surface area contributed by atoms with E-state index >= 15 is 0 Å². The standard InChI is InChI=1S/C44H80NO10P/c1-6-8-10-11-12-13-14-15-16-17-18-19-20-21-22-26-33-52-39(37-55-56(50,51)54-34-32-45(3,4)5)36-53-44(49)29-25-24-28-40-41(43(48)35-42(40)47)31-30-38(46)27-23-9-7-2/h13-14,24-26,30-31,33,38-43,46-48H,6-12,15-23,27-29,32,34-37H2,1-5H3/b14-13-,25-24-,31-30+,33-26+/t38-,39-,40+,41-,42+,43-/m1/s1. The van der Waals surface area contributed by atoms with Gasteiger partial charge < -0.3 is 43.2 Å². The SMILES string of the molecule is CCCCCC/C=C\CCCCCCCC/C=C/O[C@H](COC(=O)C/C=C\C[C@H]1[C@@H](/C=C/[C@H](O)CCCCC)[C@H](O)C[C@@H]1O)COP(=O)([O-])OCC[N+](C)(C)C. The molecule has 0 aromatic rings. The molecule has 0 amide bonds. The molecular weight excluding hydrogens is 733 g/mol. The summed E-state index contributed by atoms with van der Waals surface area (Å²) in [5.41, 5.74) is 0. The van der Waals surface area contributed by atoms with Gasteiger partial charge in [0.15, 0.2) is 6.10 Å². The molecular formula is C44H80NO10P. The Morgan fingerprint density at radius 3 is 2.05 bits per heavy atom. The summed E-state index contributed by atoms with van der Waals surface area (Å²) in [6.07, 6.45) is 32.1. The highest BCUT2D eigenvalue weighted by atomic mass is 31.2. The Labute approximate surface area is 340 Å². The second-order valence-electron chi connectivity index (χ2n) is 16.4. The summed E-state index contributed by atoms with van der Waals surface area (Å²) in [7, 11) is 1.18. The van der Waals surface area contributed by atoms with E-state index in [1.54, 1.807) is 18.2 Å². The predicted octanol–water partition coefficient (Wildman–Crippen LogP) is 8.48. The van der Waals surface area contributed by atoms with Crippen molar-refractivity contribution >= 4 is 13.8 Å². The summed E-state index contributed by atoms with van der Waals surface area (Å²) in [6.45, 7) is 4.20. The molecule has 3 N–H and O–H groups in total. The molecule has 11 nitrogen and oxygen atoms in total. The number of carbonyl (C=O) groups is 1. The molecule has 1 fully saturated rings. The number of hydrogen-bond acceptors (Lipinski definition) is 10. The Bertz CT molecular complexity index is 1150. The average molecular weight is 814 g/mol. The number of hydrogen-bond donors (Lipinski definition) is 3. The lowest BCUT2D eigenvalue weighted by atomic mass is 9.89. The summed E-state index contributed by atoms with van der Waals surface area (Å²) >= 11 is 0. The number of phosphoric ester groups is 1. The number of unbranched alkanes of at least 4 members (excludes halogenated alkanes) is 13. The Kier molecular flexibility index (Phi) is 29.9. The van der Waals surface area contributed by atoms with Crippen molar-refractivity contribution in [1.29, 1.82) is 0 Å². The number of likely N-dealkylation sites (N-methyl/N-ethyl adjacent to an activating group) is 1. The van der Waals surface area contributed by atoms with Crippen LogP contribution in [-0.4, -0.2) is 97.7 Å². The summed E-state index contributed by atoms with van der Waals surface area (Å²) in [6, 6.07) is 0. The van der Waals surface area contributed by atoms with E-state index < -0.39 is 38.2 Å². The summed E-state index contributed by atoms with van der Waals surface area (Å²) in [5, 5.41) is 31.4. The van der Waals surface area contributed by atoms with E-state index in [-0.39, 0.29) is 44.5 Å². The number of ether oxygens (including phenoxy) is 2. The monoisotopic (exact) mass is 814 g/mol. The van der Waals surface area contributed by atoms with Crippen molar-refractivity contribution < 1.29 is 52.6 Å². The van der Waals surface area contributed by atoms with Crippen LogP contribution in [0.15, 0.2) is 48.8 Å². The van der Waals surface area contributed by atoms with Crippen LogP contribution in [0.3, 0.4) is 0 Å². The van der Waals surface area contributed by atoms with E-state index in [0.29, 0.717) is 23.9 Å². The van der Waals surface area contributed by atoms with Crippen molar-refractivity contribution in [2.24, 2.45) is 11.8 Å². The highest BCUT2D eigenvalue weighted by Crippen LogP contribution is 2.38. The van der Waals surface area contributed by atoms with Gasteiger partial charge >= 0.3 is 5.97 Å². The molecule has 7 atom stereocenters. The normalized spacial score (nSPS) is 21.4. The quantitative estimate of drug-likeness (QED) is 0.0142. The maximum absolute atomic E-state index is 12.6. The molecule has 0 aliphatic heterocycles. The van der Waals surface area contributed by atoms with Gasteiger partial charge in [-0.15, -0.1) is 0 Å². The smallest absolute Gasteiger partial charge is 0.309 e.